The molecule has 0 heterocycles. The molecular weight excluding hydrogens is 250 g/mol. The predicted octanol–water partition coefficient (Wildman–Crippen LogP) is 1.31. The second-order valence-electron chi connectivity index (χ2n) is 3.68. The summed E-state index contributed by atoms with van der Waals surface area (Å²) < 4.78 is 24.3. The Kier molecular flexibility index (Phi) is 4.32. The lowest BCUT2D eigenvalue weighted by Gasteiger charge is -2.19. The van der Waals surface area contributed by atoms with Gasteiger partial charge in [0.25, 0.3) is 0 Å². The first-order valence-electron chi connectivity index (χ1n) is 4.70. The molecule has 2 atom stereocenters. The number of halogens is 1. The van der Waals surface area contributed by atoms with Gasteiger partial charge in [0.1, 0.15) is 0 Å². The van der Waals surface area contributed by atoms with E-state index in [0.29, 0.717) is 10.6 Å². The highest BCUT2D eigenvalue weighted by Crippen LogP contribution is 2.19. The molecule has 1 aromatic rings. The lowest BCUT2D eigenvalue weighted by Crippen LogP contribution is -2.36. The lowest BCUT2D eigenvalue weighted by atomic mass is 10.0. The molecule has 0 aliphatic heterocycles. The van der Waals surface area contributed by atoms with E-state index in [0.717, 1.165) is 6.26 Å². The van der Waals surface area contributed by atoms with E-state index < -0.39 is 22.2 Å². The molecular formula is C10H14ClNO3S. The minimum atomic E-state index is -3.32. The van der Waals surface area contributed by atoms with Crippen LogP contribution in [0.3, 0.4) is 0 Å². The number of aliphatic hydroxyl groups excluding tert-OH is 1. The van der Waals surface area contributed by atoms with Crippen LogP contribution < -0.4 is 4.72 Å². The van der Waals surface area contributed by atoms with Gasteiger partial charge < -0.3 is 5.11 Å². The molecule has 1 aromatic carbocycles. The fraction of sp³-hybridized carbons (Fsp3) is 0.400. The minimum absolute atomic E-state index is 0.569. The molecule has 90 valence electrons. The second-order valence-corrected chi connectivity index (χ2v) is 5.89. The number of hydrogen-bond donors (Lipinski definition) is 2. The normalized spacial score (nSPS) is 15.8. The van der Waals surface area contributed by atoms with Gasteiger partial charge in [0, 0.05) is 11.1 Å². The number of benzene rings is 1. The van der Waals surface area contributed by atoms with E-state index in [9.17, 15) is 13.5 Å². The maximum absolute atomic E-state index is 11.0. The van der Waals surface area contributed by atoms with Gasteiger partial charge in [-0.3, -0.25) is 0 Å². The zero-order chi connectivity index (χ0) is 12.3. The van der Waals surface area contributed by atoms with Crippen molar-refractivity contribution in [3.8, 4) is 0 Å². The summed E-state index contributed by atoms with van der Waals surface area (Å²) in [6.07, 6.45) is 0.157. The molecule has 0 spiro atoms. The van der Waals surface area contributed by atoms with Crippen molar-refractivity contribution in [2.24, 2.45) is 0 Å². The number of aliphatic hydroxyl groups is 1. The molecule has 0 saturated carbocycles. The van der Waals surface area contributed by atoms with Gasteiger partial charge in [0.05, 0.1) is 12.4 Å². The summed E-state index contributed by atoms with van der Waals surface area (Å²) in [6.45, 7) is 1.60. The minimum Gasteiger partial charge on any atom is -0.387 e. The van der Waals surface area contributed by atoms with Crippen LogP contribution in [-0.2, 0) is 10.0 Å². The standard InChI is InChI=1S/C10H14ClNO3S/c1-7(12-16(2,14)15)10(13)8-3-5-9(11)6-4-8/h3-7,10,12-13H,1-2H3. The van der Waals surface area contributed by atoms with Crippen LogP contribution in [0.15, 0.2) is 24.3 Å². The van der Waals surface area contributed by atoms with Gasteiger partial charge in [-0.05, 0) is 24.6 Å². The Labute approximate surface area is 100 Å². The molecule has 0 aliphatic carbocycles. The summed E-state index contributed by atoms with van der Waals surface area (Å²) >= 11 is 5.71. The van der Waals surface area contributed by atoms with Crippen molar-refractivity contribution < 1.29 is 13.5 Å². The van der Waals surface area contributed by atoms with Crippen molar-refractivity contribution in [2.45, 2.75) is 19.1 Å². The highest BCUT2D eigenvalue weighted by atomic mass is 35.5. The zero-order valence-corrected chi connectivity index (χ0v) is 10.6. The topological polar surface area (TPSA) is 66.4 Å². The summed E-state index contributed by atoms with van der Waals surface area (Å²) in [5.41, 5.74) is 0.619. The highest BCUT2D eigenvalue weighted by molar-refractivity contribution is 7.88. The lowest BCUT2D eigenvalue weighted by molar-refractivity contribution is 0.146. The third-order valence-corrected chi connectivity index (χ3v) is 3.14. The van der Waals surface area contributed by atoms with Crippen LogP contribution in [-0.4, -0.2) is 25.8 Å². The molecule has 0 fully saturated rings. The van der Waals surface area contributed by atoms with Gasteiger partial charge in [0.15, 0.2) is 0 Å². The number of hydrogen-bond acceptors (Lipinski definition) is 3. The van der Waals surface area contributed by atoms with E-state index in [1.165, 1.54) is 0 Å². The first kappa shape index (κ1) is 13.4. The van der Waals surface area contributed by atoms with E-state index in [1.54, 1.807) is 31.2 Å². The molecule has 0 amide bonds. The quantitative estimate of drug-likeness (QED) is 0.861. The van der Waals surface area contributed by atoms with Gasteiger partial charge in [-0.1, -0.05) is 23.7 Å². The van der Waals surface area contributed by atoms with Crippen LogP contribution >= 0.6 is 11.6 Å². The molecule has 4 nitrogen and oxygen atoms in total. The van der Waals surface area contributed by atoms with Crippen LogP contribution in [0.25, 0.3) is 0 Å². The molecule has 0 aromatic heterocycles. The fourth-order valence-electron chi connectivity index (χ4n) is 1.35. The van der Waals surface area contributed by atoms with Gasteiger partial charge >= 0.3 is 0 Å². The predicted molar refractivity (Wildman–Crippen MR) is 63.9 cm³/mol. The SMILES string of the molecule is CC(NS(C)(=O)=O)C(O)c1ccc(Cl)cc1. The summed E-state index contributed by atoms with van der Waals surface area (Å²) in [5.74, 6) is 0. The van der Waals surface area contributed by atoms with Crippen molar-refractivity contribution in [1.82, 2.24) is 4.72 Å². The third-order valence-electron chi connectivity index (χ3n) is 2.09. The first-order valence-corrected chi connectivity index (χ1v) is 6.97. The van der Waals surface area contributed by atoms with Crippen molar-refractivity contribution in [2.75, 3.05) is 6.26 Å². The van der Waals surface area contributed by atoms with Crippen molar-refractivity contribution in [1.29, 1.82) is 0 Å². The molecule has 0 saturated heterocycles. The van der Waals surface area contributed by atoms with Crippen LogP contribution in [0.1, 0.15) is 18.6 Å². The van der Waals surface area contributed by atoms with Gasteiger partial charge in [0.2, 0.25) is 10.0 Å². The maximum atomic E-state index is 11.0. The molecule has 0 radical (unpaired) electrons. The summed E-state index contributed by atoms with van der Waals surface area (Å²) in [4.78, 5) is 0. The molecule has 6 heteroatoms. The van der Waals surface area contributed by atoms with Crippen LogP contribution in [0.4, 0.5) is 0 Å². The second kappa shape index (κ2) is 5.14. The van der Waals surface area contributed by atoms with Crippen molar-refractivity contribution in [3.05, 3.63) is 34.9 Å². The monoisotopic (exact) mass is 263 g/mol. The summed E-state index contributed by atoms with van der Waals surface area (Å²) in [5, 5.41) is 10.4. The highest BCUT2D eigenvalue weighted by Gasteiger charge is 2.19. The Morgan fingerprint density at radius 1 is 1.31 bits per heavy atom. The van der Waals surface area contributed by atoms with E-state index in [2.05, 4.69) is 4.72 Å². The summed E-state index contributed by atoms with van der Waals surface area (Å²) in [6, 6.07) is 6.03. The van der Waals surface area contributed by atoms with E-state index >= 15 is 0 Å². The maximum Gasteiger partial charge on any atom is 0.209 e. The van der Waals surface area contributed by atoms with Crippen molar-refractivity contribution >= 4 is 21.6 Å². The van der Waals surface area contributed by atoms with E-state index in [-0.39, 0.29) is 0 Å². The molecule has 0 aliphatic rings. The van der Waals surface area contributed by atoms with Crippen LogP contribution in [0.5, 0.6) is 0 Å². The number of rotatable bonds is 4. The average molecular weight is 264 g/mol. The first-order chi connectivity index (χ1) is 7.29. The Hall–Kier alpha value is -0.620. The fourth-order valence-corrected chi connectivity index (χ4v) is 2.28. The number of sulfonamides is 1. The molecule has 1 rings (SSSR count). The molecule has 0 bridgehead atoms. The zero-order valence-electron chi connectivity index (χ0n) is 9.01. The Morgan fingerprint density at radius 2 is 1.81 bits per heavy atom. The smallest absolute Gasteiger partial charge is 0.209 e. The van der Waals surface area contributed by atoms with Crippen LogP contribution in [0.2, 0.25) is 5.02 Å². The molecule has 16 heavy (non-hydrogen) atoms. The van der Waals surface area contributed by atoms with E-state index in [1.807, 2.05) is 0 Å². The van der Waals surface area contributed by atoms with Gasteiger partial charge in [-0.25, -0.2) is 13.1 Å². The van der Waals surface area contributed by atoms with Crippen molar-refractivity contribution in [3.63, 3.8) is 0 Å². The molecule has 2 N–H and O–H groups in total. The molecule has 2 unspecified atom stereocenters. The van der Waals surface area contributed by atoms with Crippen LogP contribution in [0, 0.1) is 0 Å². The van der Waals surface area contributed by atoms with E-state index in [4.69, 9.17) is 11.6 Å². The van der Waals surface area contributed by atoms with Gasteiger partial charge in [-0.15, -0.1) is 0 Å². The Morgan fingerprint density at radius 3 is 2.25 bits per heavy atom. The average Bonchev–Trinajstić information content (AvgIpc) is 2.15. The van der Waals surface area contributed by atoms with Gasteiger partial charge in [-0.2, -0.15) is 0 Å². The Bertz CT molecular complexity index is 444. The third kappa shape index (κ3) is 4.09. The number of nitrogens with one attached hydrogen (secondary N) is 1. The Balaban J connectivity index is 2.78. The largest absolute Gasteiger partial charge is 0.387 e. The summed E-state index contributed by atoms with van der Waals surface area (Å²) in [7, 11) is -3.32.